The number of aliphatic hydroxyl groups excluding tert-OH is 2. The van der Waals surface area contributed by atoms with Crippen LogP contribution in [0.3, 0.4) is 0 Å². The highest BCUT2D eigenvalue weighted by atomic mass is 19.1. The van der Waals surface area contributed by atoms with Gasteiger partial charge in [0.15, 0.2) is 17.7 Å². The van der Waals surface area contributed by atoms with Gasteiger partial charge in [-0.25, -0.2) is 19.3 Å². The molecule has 0 radical (unpaired) electrons. The van der Waals surface area contributed by atoms with Gasteiger partial charge in [0.25, 0.3) is 5.91 Å². The SMILES string of the molecule is Nc1ncnc2c1ncn2[C@@H]1O[C@H](CO)C(O)C1NC(=O)c1ccc(F)cc1. The first-order valence-corrected chi connectivity index (χ1v) is 8.43. The Morgan fingerprint density at radius 3 is 2.75 bits per heavy atom. The van der Waals surface area contributed by atoms with Gasteiger partial charge in [0, 0.05) is 5.56 Å². The molecular formula is C17H17FN6O4. The number of ether oxygens (including phenoxy) is 1. The number of carbonyl (C=O) groups is 1. The number of nitrogen functional groups attached to an aromatic ring is 1. The Balaban J connectivity index is 1.67. The summed E-state index contributed by atoms with van der Waals surface area (Å²) in [4.78, 5) is 24.7. The maximum atomic E-state index is 13.1. The number of aliphatic hydroxyl groups is 2. The second kappa shape index (κ2) is 7.11. The number of benzene rings is 1. The van der Waals surface area contributed by atoms with E-state index in [9.17, 15) is 19.4 Å². The van der Waals surface area contributed by atoms with Crippen LogP contribution in [0.25, 0.3) is 11.2 Å². The zero-order valence-corrected chi connectivity index (χ0v) is 14.4. The van der Waals surface area contributed by atoms with Gasteiger partial charge < -0.3 is 26.0 Å². The standard InChI is InChI=1S/C17H17FN6O4/c18-9-3-1-8(2-4-9)16(27)23-11-13(26)10(5-25)28-17(11)24-7-22-12-14(19)20-6-21-15(12)24/h1-4,6-7,10-11,13,17,25-26H,5H2,(H,23,27)(H2,19,20,21)/t10-,11?,13?,17-/m1/s1. The summed E-state index contributed by atoms with van der Waals surface area (Å²) in [6, 6.07) is 4.04. The summed E-state index contributed by atoms with van der Waals surface area (Å²) in [5.41, 5.74) is 6.70. The summed E-state index contributed by atoms with van der Waals surface area (Å²) >= 11 is 0. The largest absolute Gasteiger partial charge is 0.394 e. The Labute approximate surface area is 157 Å². The lowest BCUT2D eigenvalue weighted by molar-refractivity contribution is -0.0440. The van der Waals surface area contributed by atoms with Crippen LogP contribution >= 0.6 is 0 Å². The Morgan fingerprint density at radius 1 is 1.29 bits per heavy atom. The second-order valence-corrected chi connectivity index (χ2v) is 6.33. The van der Waals surface area contributed by atoms with E-state index in [0.29, 0.717) is 11.2 Å². The third-order valence-electron chi connectivity index (χ3n) is 4.62. The molecule has 1 fully saturated rings. The van der Waals surface area contributed by atoms with Crippen molar-refractivity contribution in [2.45, 2.75) is 24.5 Å². The van der Waals surface area contributed by atoms with Crippen LogP contribution in [0.15, 0.2) is 36.9 Å². The van der Waals surface area contributed by atoms with Crippen molar-refractivity contribution < 1.29 is 24.1 Å². The van der Waals surface area contributed by atoms with Gasteiger partial charge in [-0.3, -0.25) is 9.36 Å². The minimum absolute atomic E-state index is 0.174. The van der Waals surface area contributed by atoms with Crippen molar-refractivity contribution in [3.05, 3.63) is 48.3 Å². The molecule has 4 rings (SSSR count). The molecule has 1 aromatic carbocycles. The van der Waals surface area contributed by atoms with E-state index in [-0.39, 0.29) is 11.4 Å². The molecule has 1 aliphatic rings. The normalized spacial score (nSPS) is 24.5. The van der Waals surface area contributed by atoms with E-state index < -0.39 is 42.8 Å². The smallest absolute Gasteiger partial charge is 0.251 e. The number of hydrogen-bond acceptors (Lipinski definition) is 8. The number of halogens is 1. The molecule has 5 N–H and O–H groups in total. The van der Waals surface area contributed by atoms with Crippen molar-refractivity contribution in [3.63, 3.8) is 0 Å². The summed E-state index contributed by atoms with van der Waals surface area (Å²) in [6.45, 7) is -0.454. The fraction of sp³-hybridized carbons (Fsp3) is 0.294. The van der Waals surface area contributed by atoms with Crippen molar-refractivity contribution >= 4 is 22.9 Å². The van der Waals surface area contributed by atoms with Crippen molar-refractivity contribution in [2.75, 3.05) is 12.3 Å². The highest BCUT2D eigenvalue weighted by molar-refractivity contribution is 5.94. The Kier molecular flexibility index (Phi) is 4.63. The molecule has 28 heavy (non-hydrogen) atoms. The zero-order valence-electron chi connectivity index (χ0n) is 14.4. The summed E-state index contributed by atoms with van der Waals surface area (Å²) in [6.07, 6.45) is -0.368. The molecule has 2 unspecified atom stereocenters. The molecule has 11 heteroatoms. The topological polar surface area (TPSA) is 148 Å². The number of nitrogens with two attached hydrogens (primary N) is 1. The molecule has 1 aliphatic heterocycles. The molecule has 1 amide bonds. The Bertz CT molecular complexity index is 1010. The van der Waals surface area contributed by atoms with Crippen molar-refractivity contribution in [3.8, 4) is 0 Å². The number of hydrogen-bond donors (Lipinski definition) is 4. The van der Waals surface area contributed by atoms with Crippen molar-refractivity contribution in [1.82, 2.24) is 24.8 Å². The van der Waals surface area contributed by atoms with Gasteiger partial charge in [-0.05, 0) is 24.3 Å². The third-order valence-corrected chi connectivity index (χ3v) is 4.62. The molecule has 0 bridgehead atoms. The van der Waals surface area contributed by atoms with Crippen molar-refractivity contribution in [2.24, 2.45) is 0 Å². The molecule has 0 aliphatic carbocycles. The minimum atomic E-state index is -1.20. The maximum Gasteiger partial charge on any atom is 0.251 e. The van der Waals surface area contributed by atoms with E-state index in [2.05, 4.69) is 20.3 Å². The van der Waals surface area contributed by atoms with Crippen LogP contribution in [0.2, 0.25) is 0 Å². The highest BCUT2D eigenvalue weighted by Crippen LogP contribution is 2.32. The lowest BCUT2D eigenvalue weighted by atomic mass is 10.1. The van der Waals surface area contributed by atoms with E-state index in [1.54, 1.807) is 0 Å². The van der Waals surface area contributed by atoms with E-state index in [0.717, 1.165) is 12.1 Å². The Hall–Kier alpha value is -3.15. The van der Waals surface area contributed by atoms with Crippen LogP contribution in [0.1, 0.15) is 16.6 Å². The predicted molar refractivity (Wildman–Crippen MR) is 94.4 cm³/mol. The minimum Gasteiger partial charge on any atom is -0.394 e. The number of anilines is 1. The van der Waals surface area contributed by atoms with Crippen LogP contribution in [-0.4, -0.2) is 60.5 Å². The number of imidazole rings is 1. The van der Waals surface area contributed by atoms with Crippen LogP contribution in [0.5, 0.6) is 0 Å². The summed E-state index contributed by atoms with van der Waals surface area (Å²) in [5, 5.41) is 22.7. The van der Waals surface area contributed by atoms with Gasteiger partial charge in [-0.15, -0.1) is 0 Å². The van der Waals surface area contributed by atoms with E-state index in [1.807, 2.05) is 0 Å². The van der Waals surface area contributed by atoms with Gasteiger partial charge >= 0.3 is 0 Å². The van der Waals surface area contributed by atoms with Gasteiger partial charge in [-0.1, -0.05) is 0 Å². The number of aromatic nitrogens is 4. The summed E-state index contributed by atoms with van der Waals surface area (Å²) in [5.74, 6) is -0.830. The Morgan fingerprint density at radius 2 is 2.04 bits per heavy atom. The van der Waals surface area contributed by atoms with Gasteiger partial charge in [-0.2, -0.15) is 0 Å². The first-order chi connectivity index (χ1) is 13.5. The molecule has 10 nitrogen and oxygen atoms in total. The molecule has 1 saturated heterocycles. The van der Waals surface area contributed by atoms with Crippen LogP contribution in [0.4, 0.5) is 10.2 Å². The maximum absolute atomic E-state index is 13.1. The average Bonchev–Trinajstić information content (AvgIpc) is 3.25. The van der Waals surface area contributed by atoms with Crippen LogP contribution in [0, 0.1) is 5.82 Å². The summed E-state index contributed by atoms with van der Waals surface area (Å²) < 4.78 is 20.3. The molecule has 3 heterocycles. The second-order valence-electron chi connectivity index (χ2n) is 6.33. The molecular weight excluding hydrogens is 371 g/mol. The van der Waals surface area contributed by atoms with E-state index in [4.69, 9.17) is 10.5 Å². The van der Waals surface area contributed by atoms with Crippen molar-refractivity contribution in [1.29, 1.82) is 0 Å². The molecule has 0 saturated carbocycles. The third kappa shape index (κ3) is 3.05. The van der Waals surface area contributed by atoms with E-state index >= 15 is 0 Å². The fourth-order valence-electron chi connectivity index (χ4n) is 3.18. The number of nitrogens with zero attached hydrogens (tertiary/aromatic N) is 4. The van der Waals surface area contributed by atoms with Gasteiger partial charge in [0.05, 0.1) is 12.9 Å². The number of fused-ring (bicyclic) bond motifs is 1. The number of rotatable bonds is 4. The van der Waals surface area contributed by atoms with Crippen LogP contribution < -0.4 is 11.1 Å². The average molecular weight is 388 g/mol. The lowest BCUT2D eigenvalue weighted by Crippen LogP contribution is -2.46. The number of nitrogens with one attached hydrogen (secondary N) is 1. The lowest BCUT2D eigenvalue weighted by Gasteiger charge is -2.23. The van der Waals surface area contributed by atoms with E-state index in [1.165, 1.54) is 29.4 Å². The number of carbonyl (C=O) groups excluding carboxylic acids is 1. The van der Waals surface area contributed by atoms with Crippen LogP contribution in [-0.2, 0) is 4.74 Å². The quantitative estimate of drug-likeness (QED) is 0.472. The highest BCUT2D eigenvalue weighted by Gasteiger charge is 2.45. The predicted octanol–water partition coefficient (Wildman–Crippen LogP) is -0.403. The molecule has 4 atom stereocenters. The molecule has 3 aromatic rings. The summed E-state index contributed by atoms with van der Waals surface area (Å²) in [7, 11) is 0. The first-order valence-electron chi connectivity index (χ1n) is 8.43. The first kappa shape index (κ1) is 18.2. The monoisotopic (exact) mass is 388 g/mol. The molecule has 0 spiro atoms. The molecule has 146 valence electrons. The number of amides is 1. The molecule has 2 aromatic heterocycles. The zero-order chi connectivity index (χ0) is 19.8. The van der Waals surface area contributed by atoms with Gasteiger partial charge in [0.1, 0.15) is 35.9 Å². The fourth-order valence-corrected chi connectivity index (χ4v) is 3.18. The van der Waals surface area contributed by atoms with Gasteiger partial charge in [0.2, 0.25) is 0 Å².